The SMILES string of the molecule is C[C@@H]1CCCN1CCc1oc2ccc(-c3ccc(C#N)cc3)cc2c1-c1ccsc1. The van der Waals surface area contributed by atoms with E-state index in [1.54, 1.807) is 11.3 Å². The van der Waals surface area contributed by atoms with Crippen LogP contribution in [0, 0.1) is 11.3 Å². The van der Waals surface area contributed by atoms with Crippen LogP contribution in [0.1, 0.15) is 31.1 Å². The summed E-state index contributed by atoms with van der Waals surface area (Å²) in [6.07, 6.45) is 3.52. The molecule has 0 bridgehead atoms. The number of thiophene rings is 1. The third-order valence-corrected chi connectivity index (χ3v) is 6.92. The maximum absolute atomic E-state index is 9.07. The third kappa shape index (κ3) is 3.56. The standard InChI is InChI=1S/C26H24N2OS/c1-18-3-2-12-28(18)13-10-25-26(22-11-14-30-17-22)23-15-21(8-9-24(23)29-25)20-6-4-19(16-27)5-7-20/h4-9,11,14-15,17-18H,2-3,10,12-13H2,1H3/t18-/m1/s1. The Kier molecular flexibility index (Phi) is 5.16. The molecule has 1 aliphatic rings. The van der Waals surface area contributed by atoms with Gasteiger partial charge in [-0.3, -0.25) is 0 Å². The van der Waals surface area contributed by atoms with Crippen molar-refractivity contribution < 1.29 is 4.42 Å². The molecule has 0 spiro atoms. The fourth-order valence-electron chi connectivity index (χ4n) is 4.53. The number of fused-ring (bicyclic) bond motifs is 1. The maximum atomic E-state index is 9.07. The highest BCUT2D eigenvalue weighted by atomic mass is 32.1. The maximum Gasteiger partial charge on any atom is 0.134 e. The monoisotopic (exact) mass is 412 g/mol. The van der Waals surface area contributed by atoms with E-state index >= 15 is 0 Å². The lowest BCUT2D eigenvalue weighted by atomic mass is 9.98. The minimum absolute atomic E-state index is 0.668. The molecule has 3 nitrogen and oxygen atoms in total. The Labute approximate surface area is 181 Å². The van der Waals surface area contributed by atoms with Gasteiger partial charge >= 0.3 is 0 Å². The van der Waals surface area contributed by atoms with Crippen molar-refractivity contribution in [1.82, 2.24) is 4.90 Å². The van der Waals surface area contributed by atoms with Crippen molar-refractivity contribution in [2.24, 2.45) is 0 Å². The fraction of sp³-hybridized carbons (Fsp3) is 0.269. The summed E-state index contributed by atoms with van der Waals surface area (Å²) in [5.74, 6) is 1.08. The van der Waals surface area contributed by atoms with E-state index in [2.05, 4.69) is 52.9 Å². The average Bonchev–Trinajstić information content (AvgIpc) is 3.51. The zero-order chi connectivity index (χ0) is 20.5. The lowest BCUT2D eigenvalue weighted by molar-refractivity contribution is 0.267. The van der Waals surface area contributed by atoms with Crippen LogP contribution in [0.15, 0.2) is 63.7 Å². The van der Waals surface area contributed by atoms with E-state index in [9.17, 15) is 0 Å². The summed E-state index contributed by atoms with van der Waals surface area (Å²) in [5.41, 5.74) is 6.34. The van der Waals surface area contributed by atoms with Gasteiger partial charge in [-0.1, -0.05) is 18.2 Å². The van der Waals surface area contributed by atoms with Gasteiger partial charge in [0.25, 0.3) is 0 Å². The van der Waals surface area contributed by atoms with Gasteiger partial charge in [-0.25, -0.2) is 0 Å². The first-order valence-corrected chi connectivity index (χ1v) is 11.5. The highest BCUT2D eigenvalue weighted by Gasteiger charge is 2.22. The van der Waals surface area contributed by atoms with E-state index in [-0.39, 0.29) is 0 Å². The predicted octanol–water partition coefficient (Wildman–Crippen LogP) is 6.73. The van der Waals surface area contributed by atoms with Gasteiger partial charge in [0, 0.05) is 30.0 Å². The first kappa shape index (κ1) is 19.1. The molecule has 2 aromatic carbocycles. The molecular formula is C26H24N2OS. The van der Waals surface area contributed by atoms with Crippen molar-refractivity contribution >= 4 is 22.3 Å². The Bertz CT molecular complexity index is 1200. The average molecular weight is 413 g/mol. The Balaban J connectivity index is 1.55. The van der Waals surface area contributed by atoms with E-state index in [1.165, 1.54) is 35.9 Å². The smallest absolute Gasteiger partial charge is 0.134 e. The summed E-state index contributed by atoms with van der Waals surface area (Å²) in [7, 11) is 0. The normalized spacial score (nSPS) is 16.9. The molecule has 0 radical (unpaired) electrons. The van der Waals surface area contributed by atoms with Gasteiger partial charge in [0.15, 0.2) is 0 Å². The van der Waals surface area contributed by atoms with Gasteiger partial charge in [-0.2, -0.15) is 16.6 Å². The fourth-order valence-corrected chi connectivity index (χ4v) is 5.18. The summed E-state index contributed by atoms with van der Waals surface area (Å²) in [5, 5.41) is 14.6. The molecule has 0 unspecified atom stereocenters. The van der Waals surface area contributed by atoms with Crippen molar-refractivity contribution in [2.45, 2.75) is 32.2 Å². The predicted molar refractivity (Wildman–Crippen MR) is 124 cm³/mol. The number of likely N-dealkylation sites (tertiary alicyclic amines) is 1. The molecule has 4 aromatic rings. The quantitative estimate of drug-likeness (QED) is 0.365. The van der Waals surface area contributed by atoms with Crippen molar-refractivity contribution in [2.75, 3.05) is 13.1 Å². The molecule has 5 rings (SSSR count). The minimum atomic E-state index is 0.668. The second-order valence-electron chi connectivity index (χ2n) is 8.09. The molecule has 1 aliphatic heterocycles. The summed E-state index contributed by atoms with van der Waals surface area (Å²) < 4.78 is 6.38. The molecule has 1 atom stereocenters. The highest BCUT2D eigenvalue weighted by Crippen LogP contribution is 2.38. The Hall–Kier alpha value is -2.87. The van der Waals surface area contributed by atoms with E-state index < -0.39 is 0 Å². The number of hydrogen-bond acceptors (Lipinski definition) is 4. The Morgan fingerprint density at radius 1 is 1.10 bits per heavy atom. The number of nitrogens with zero attached hydrogens (tertiary/aromatic N) is 2. The van der Waals surface area contributed by atoms with Crippen LogP contribution in [0.2, 0.25) is 0 Å². The molecule has 1 saturated heterocycles. The summed E-state index contributed by atoms with van der Waals surface area (Å²) in [6, 6.07) is 19.2. The van der Waals surface area contributed by atoms with Crippen LogP contribution >= 0.6 is 11.3 Å². The van der Waals surface area contributed by atoms with Crippen molar-refractivity contribution in [3.63, 3.8) is 0 Å². The third-order valence-electron chi connectivity index (χ3n) is 6.23. The summed E-state index contributed by atoms with van der Waals surface area (Å²) in [4.78, 5) is 2.58. The summed E-state index contributed by atoms with van der Waals surface area (Å²) >= 11 is 1.72. The van der Waals surface area contributed by atoms with Crippen LogP contribution in [0.25, 0.3) is 33.2 Å². The number of nitriles is 1. The van der Waals surface area contributed by atoms with Crippen LogP contribution in [0.5, 0.6) is 0 Å². The molecule has 0 N–H and O–H groups in total. The molecule has 0 aliphatic carbocycles. The van der Waals surface area contributed by atoms with Crippen molar-refractivity contribution in [1.29, 1.82) is 5.26 Å². The number of rotatable bonds is 5. The van der Waals surface area contributed by atoms with Crippen molar-refractivity contribution in [3.8, 4) is 28.3 Å². The first-order chi connectivity index (χ1) is 14.7. The lowest BCUT2D eigenvalue weighted by Crippen LogP contribution is -2.28. The van der Waals surface area contributed by atoms with E-state index in [4.69, 9.17) is 9.68 Å². The molecular weight excluding hydrogens is 388 g/mol. The van der Waals surface area contributed by atoms with Crippen molar-refractivity contribution in [3.05, 3.63) is 70.6 Å². The zero-order valence-corrected chi connectivity index (χ0v) is 17.9. The second-order valence-corrected chi connectivity index (χ2v) is 8.87. The number of furan rings is 1. The van der Waals surface area contributed by atoms with E-state index in [0.717, 1.165) is 35.4 Å². The largest absolute Gasteiger partial charge is 0.460 e. The van der Waals surface area contributed by atoms with Gasteiger partial charge in [0.2, 0.25) is 0 Å². The van der Waals surface area contributed by atoms with Gasteiger partial charge in [0.1, 0.15) is 11.3 Å². The van der Waals surface area contributed by atoms with Crippen LogP contribution in [-0.4, -0.2) is 24.0 Å². The molecule has 30 heavy (non-hydrogen) atoms. The second kappa shape index (κ2) is 8.10. The minimum Gasteiger partial charge on any atom is -0.460 e. The van der Waals surface area contributed by atoms with Gasteiger partial charge in [-0.15, -0.1) is 0 Å². The molecule has 3 heterocycles. The summed E-state index contributed by atoms with van der Waals surface area (Å²) in [6.45, 7) is 4.56. The van der Waals surface area contributed by atoms with Crippen LogP contribution in [-0.2, 0) is 6.42 Å². The zero-order valence-electron chi connectivity index (χ0n) is 17.1. The van der Waals surface area contributed by atoms with Crippen LogP contribution in [0.3, 0.4) is 0 Å². The molecule has 150 valence electrons. The van der Waals surface area contributed by atoms with Gasteiger partial charge in [0.05, 0.1) is 11.6 Å². The highest BCUT2D eigenvalue weighted by molar-refractivity contribution is 7.08. The Morgan fingerprint density at radius 2 is 1.93 bits per heavy atom. The number of benzene rings is 2. The number of hydrogen-bond donors (Lipinski definition) is 0. The topological polar surface area (TPSA) is 40.2 Å². The van der Waals surface area contributed by atoms with Gasteiger partial charge in [-0.05, 0) is 84.1 Å². The molecule has 0 saturated carbocycles. The first-order valence-electron chi connectivity index (χ1n) is 10.6. The molecule has 0 amide bonds. The van der Waals surface area contributed by atoms with E-state index in [0.29, 0.717) is 11.6 Å². The lowest BCUT2D eigenvalue weighted by Gasteiger charge is -2.20. The van der Waals surface area contributed by atoms with Crippen LogP contribution < -0.4 is 0 Å². The van der Waals surface area contributed by atoms with E-state index in [1.807, 2.05) is 24.3 Å². The van der Waals surface area contributed by atoms with Crippen LogP contribution in [0.4, 0.5) is 0 Å². The molecule has 2 aromatic heterocycles. The van der Waals surface area contributed by atoms with Gasteiger partial charge < -0.3 is 9.32 Å². The molecule has 4 heteroatoms. The Morgan fingerprint density at radius 3 is 2.63 bits per heavy atom. The molecule has 1 fully saturated rings.